The Bertz CT molecular complexity index is 45.9. The Balaban J connectivity index is 2.83. The molecular weight excluding hydrogens is 97.0 g/mol. The first-order valence-electron chi connectivity index (χ1n) is 2.39. The molecule has 0 heterocycles. The molecule has 2 N–H and O–H groups in total. The molecule has 0 spiro atoms. The van der Waals surface area contributed by atoms with Crippen molar-refractivity contribution in [3.63, 3.8) is 0 Å². The minimum Gasteiger partial charge on any atom is -0.286 e. The van der Waals surface area contributed by atoms with E-state index in [1.54, 1.807) is 0 Å². The summed E-state index contributed by atoms with van der Waals surface area (Å²) in [5, 5.41) is 0. The van der Waals surface area contributed by atoms with Gasteiger partial charge in [0, 0.05) is 8.75 Å². The highest BCUT2D eigenvalue weighted by molar-refractivity contribution is 7.32. The van der Waals surface area contributed by atoms with Crippen LogP contribution in [0.1, 0.15) is 13.3 Å². The number of nitrogens with two attached hydrogens (primary N) is 1. The van der Waals surface area contributed by atoms with E-state index in [4.69, 9.17) is 7.18 Å². The van der Waals surface area contributed by atoms with Crippen molar-refractivity contribution < 1.29 is 4.62 Å². The van der Waals surface area contributed by atoms with E-state index in [1.807, 2.05) is 6.92 Å². The Labute approximate surface area is 41.2 Å². The highest BCUT2D eigenvalue weighted by atomic mass is 31.1. The van der Waals surface area contributed by atoms with Gasteiger partial charge in [-0.15, -0.1) is 0 Å². The summed E-state index contributed by atoms with van der Waals surface area (Å²) >= 11 is 0. The molecule has 1 unspecified atom stereocenters. The fraction of sp³-hybridized carbons (Fsp3) is 1.00. The van der Waals surface area contributed by atoms with Crippen molar-refractivity contribution in [2.45, 2.75) is 13.3 Å². The van der Waals surface area contributed by atoms with Gasteiger partial charge in [-0.25, -0.2) is 5.90 Å². The first kappa shape index (κ1) is 4.51. The average Bonchev–Trinajstić information content (AvgIpc) is 1.68. The molecule has 0 aromatic heterocycles. The summed E-state index contributed by atoms with van der Waals surface area (Å²) < 4.78 is 11.2. The summed E-state index contributed by atoms with van der Waals surface area (Å²) in [6, 6.07) is 0. The molecule has 0 bridgehead atoms. The summed E-state index contributed by atoms with van der Waals surface area (Å²) in [4.78, 5) is 0. The van der Waals surface area contributed by atoms with Gasteiger partial charge in [-0.05, 0) is 6.16 Å². The van der Waals surface area contributed by atoms with Gasteiger partial charge in [-0.1, -0.05) is 13.3 Å². The number of hydrogen-bond donors (Lipinski definition) is 1. The second kappa shape index (κ2) is 5.35. The van der Waals surface area contributed by atoms with Crippen LogP contribution in [0.15, 0.2) is 0 Å². The molecule has 0 saturated carbocycles. The molecule has 0 radical (unpaired) electrons. The fourth-order valence-corrected chi connectivity index (χ4v) is 0.432. The van der Waals surface area contributed by atoms with Crippen LogP contribution in [0.25, 0.3) is 0 Å². The van der Waals surface area contributed by atoms with Crippen molar-refractivity contribution in [3.05, 3.63) is 0 Å². The van der Waals surface area contributed by atoms with E-state index in [-0.39, 0.29) is 0 Å². The maximum Gasteiger partial charge on any atom is 0.0906 e. The van der Waals surface area contributed by atoms with Crippen LogP contribution < -0.4 is 5.90 Å². The Morgan fingerprint density at radius 2 is 2.83 bits per heavy atom. The third-order valence-electron chi connectivity index (χ3n) is 0.389. The van der Waals surface area contributed by atoms with Crippen molar-refractivity contribution in [1.82, 2.24) is 0 Å². The van der Waals surface area contributed by atoms with E-state index in [0.29, 0.717) is 0 Å². The molecule has 2 nitrogen and oxygen atoms in total. The van der Waals surface area contributed by atoms with Crippen LogP contribution in [0.5, 0.6) is 0 Å². The highest BCUT2D eigenvalue weighted by Crippen LogP contribution is 2.06. The standard InChI is InChI=1S/C3H10NOP/c1-2-3-6-5-4/h6H,2-4H2,1H3/i6D. The molecule has 0 rings (SSSR count). The molecular formula is C3H10NOP. The van der Waals surface area contributed by atoms with Crippen LogP contribution >= 0.6 is 8.75 Å². The van der Waals surface area contributed by atoms with Crippen molar-refractivity contribution in [2.24, 2.45) is 5.90 Å². The molecule has 0 saturated heterocycles. The van der Waals surface area contributed by atoms with Gasteiger partial charge in [0.05, 0.1) is 1.28 Å². The van der Waals surface area contributed by atoms with Gasteiger partial charge < -0.3 is 0 Å². The van der Waals surface area contributed by atoms with Crippen LogP contribution in [-0.4, -0.2) is 7.44 Å². The van der Waals surface area contributed by atoms with Crippen LogP contribution in [-0.2, 0) is 4.62 Å². The largest absolute Gasteiger partial charge is 0.286 e. The van der Waals surface area contributed by atoms with E-state index < -0.39 is 8.75 Å². The first-order valence-corrected chi connectivity index (χ1v) is 2.94. The zero-order chi connectivity index (χ0) is 5.70. The van der Waals surface area contributed by atoms with Crippen LogP contribution in [0.4, 0.5) is 0 Å². The average molecular weight is 108 g/mol. The molecule has 3 heteroatoms. The van der Waals surface area contributed by atoms with Crippen molar-refractivity contribution in [1.29, 1.82) is 1.28 Å². The highest BCUT2D eigenvalue weighted by Gasteiger charge is 1.75. The summed E-state index contributed by atoms with van der Waals surface area (Å²) in [7, 11) is -1.05. The predicted molar refractivity (Wildman–Crippen MR) is 28.7 cm³/mol. The SMILES string of the molecule is [2H]P(CCC)ON. The van der Waals surface area contributed by atoms with Gasteiger partial charge in [-0.3, -0.25) is 4.62 Å². The molecule has 0 aromatic rings. The summed E-state index contributed by atoms with van der Waals surface area (Å²) in [5.74, 6) is 4.70. The quantitative estimate of drug-likeness (QED) is 0.430. The number of hydrogen-bond acceptors (Lipinski definition) is 2. The van der Waals surface area contributed by atoms with Gasteiger partial charge >= 0.3 is 0 Å². The molecule has 0 aliphatic rings. The van der Waals surface area contributed by atoms with Crippen molar-refractivity contribution in [3.8, 4) is 0 Å². The summed E-state index contributed by atoms with van der Waals surface area (Å²) in [6.45, 7) is 2.00. The van der Waals surface area contributed by atoms with E-state index in [1.165, 1.54) is 0 Å². The Hall–Kier alpha value is 0.350. The van der Waals surface area contributed by atoms with Gasteiger partial charge in [-0.2, -0.15) is 0 Å². The normalized spacial score (nSPS) is 16.7. The van der Waals surface area contributed by atoms with E-state index >= 15 is 0 Å². The maximum atomic E-state index is 6.94. The molecule has 0 aliphatic heterocycles. The minimum atomic E-state index is -1.05. The first-order chi connectivity index (χ1) is 3.31. The lowest BCUT2D eigenvalue weighted by Crippen LogP contribution is -1.85. The Morgan fingerprint density at radius 1 is 2.17 bits per heavy atom. The predicted octanol–water partition coefficient (Wildman–Crippen LogP) is 0.880. The molecule has 0 aromatic carbocycles. The van der Waals surface area contributed by atoms with Gasteiger partial charge in [0.25, 0.3) is 0 Å². The maximum absolute atomic E-state index is 6.94. The second-order valence-electron chi connectivity index (χ2n) is 0.958. The zero-order valence-corrected chi connectivity index (χ0v) is 4.74. The Morgan fingerprint density at radius 3 is 3.00 bits per heavy atom. The van der Waals surface area contributed by atoms with Crippen LogP contribution in [0, 0.1) is 0 Å². The zero-order valence-electron chi connectivity index (χ0n) is 4.85. The van der Waals surface area contributed by atoms with E-state index in [9.17, 15) is 0 Å². The monoisotopic (exact) mass is 108 g/mol. The van der Waals surface area contributed by atoms with Crippen molar-refractivity contribution >= 4 is 8.75 Å². The van der Waals surface area contributed by atoms with Crippen molar-refractivity contribution in [2.75, 3.05) is 6.16 Å². The molecule has 1 atom stereocenters. The smallest absolute Gasteiger partial charge is 0.0906 e. The van der Waals surface area contributed by atoms with E-state index in [0.717, 1.165) is 12.6 Å². The third-order valence-corrected chi connectivity index (χ3v) is 1.17. The lowest BCUT2D eigenvalue weighted by atomic mass is 10.6. The van der Waals surface area contributed by atoms with Gasteiger partial charge in [0.15, 0.2) is 0 Å². The molecule has 0 aliphatic carbocycles. The van der Waals surface area contributed by atoms with Gasteiger partial charge in [0.1, 0.15) is 0 Å². The molecule has 6 heavy (non-hydrogen) atoms. The minimum absolute atomic E-state index is 0.784. The fourth-order valence-electron chi connectivity index (χ4n) is 0.144. The van der Waals surface area contributed by atoms with Crippen LogP contribution in [0.3, 0.4) is 0 Å². The lowest BCUT2D eigenvalue weighted by molar-refractivity contribution is 0.385. The summed E-state index contributed by atoms with van der Waals surface area (Å²) in [5.41, 5.74) is 0. The van der Waals surface area contributed by atoms with Crippen LogP contribution in [0.2, 0.25) is 0 Å². The van der Waals surface area contributed by atoms with Gasteiger partial charge in [0.2, 0.25) is 0 Å². The van der Waals surface area contributed by atoms with E-state index in [2.05, 4.69) is 4.62 Å². The molecule has 0 amide bonds. The third kappa shape index (κ3) is 4.35. The lowest BCUT2D eigenvalue weighted by Gasteiger charge is -1.88. The topological polar surface area (TPSA) is 35.2 Å². The molecule has 0 fully saturated rings. The summed E-state index contributed by atoms with van der Waals surface area (Å²) in [6.07, 6.45) is 1.76. The molecule has 38 valence electrons. The Kier molecular flexibility index (Phi) is 4.02. The number of rotatable bonds is 3. The second-order valence-corrected chi connectivity index (χ2v) is 1.87.